The molecule has 1 aromatic heterocycles. The molecule has 1 saturated carbocycles. The topological polar surface area (TPSA) is 70.5 Å². The summed E-state index contributed by atoms with van der Waals surface area (Å²) in [5, 5.41) is 0. The van der Waals surface area contributed by atoms with Crippen molar-refractivity contribution in [2.75, 3.05) is 6.61 Å². The fraction of sp³-hybridized carbons (Fsp3) is 0.676. The number of carbonyl (C=O) groups is 1. The van der Waals surface area contributed by atoms with E-state index in [2.05, 4.69) is 23.8 Å². The highest BCUT2D eigenvalue weighted by molar-refractivity contribution is 5.65. The van der Waals surface area contributed by atoms with Crippen LogP contribution in [-0.4, -0.2) is 28.8 Å². The third-order valence-electron chi connectivity index (χ3n) is 8.72. The van der Waals surface area contributed by atoms with Gasteiger partial charge in [0, 0.05) is 17.8 Å². The maximum Gasteiger partial charge on any atom is 0.509 e. The zero-order valence-electron chi connectivity index (χ0n) is 24.9. The molecule has 2 heterocycles. The second-order valence-corrected chi connectivity index (χ2v) is 11.8. The lowest BCUT2D eigenvalue weighted by Crippen LogP contribution is -2.42. The minimum atomic E-state index is -0.683. The number of unbranched alkanes of at least 4 members (excludes halogenated alkanes) is 11. The molecule has 2 aromatic rings. The number of hydrogen-bond acceptors (Lipinski definition) is 6. The molecule has 220 valence electrons. The van der Waals surface area contributed by atoms with Gasteiger partial charge in [-0.15, -0.1) is 0 Å². The van der Waals surface area contributed by atoms with Crippen LogP contribution in [0, 0.1) is 5.92 Å². The molecule has 3 unspecified atom stereocenters. The van der Waals surface area contributed by atoms with Crippen molar-refractivity contribution in [1.29, 1.82) is 0 Å². The van der Waals surface area contributed by atoms with Crippen LogP contribution in [0.3, 0.4) is 0 Å². The second-order valence-electron chi connectivity index (χ2n) is 11.8. The van der Waals surface area contributed by atoms with Crippen LogP contribution in [0.5, 0.6) is 5.88 Å². The number of carbonyl (C=O) groups excluding carboxylic acids is 1. The summed E-state index contributed by atoms with van der Waals surface area (Å²) in [6, 6.07) is 9.95. The number of aromatic nitrogens is 2. The first kappa shape index (κ1) is 30.3. The summed E-state index contributed by atoms with van der Waals surface area (Å²) >= 11 is 0. The number of benzene rings is 1. The normalized spacial score (nSPS) is 22.0. The van der Waals surface area contributed by atoms with Gasteiger partial charge in [-0.1, -0.05) is 122 Å². The lowest BCUT2D eigenvalue weighted by molar-refractivity contribution is -0.0253. The number of rotatable bonds is 18. The third-order valence-corrected chi connectivity index (χ3v) is 8.72. The van der Waals surface area contributed by atoms with Crippen molar-refractivity contribution in [3.63, 3.8) is 0 Å². The Hall–Kier alpha value is -2.63. The highest BCUT2D eigenvalue weighted by Gasteiger charge is 2.55. The Bertz CT molecular complexity index is 1030. The minimum absolute atomic E-state index is 0.218. The maximum absolute atomic E-state index is 12.2. The van der Waals surface area contributed by atoms with E-state index in [0.29, 0.717) is 24.2 Å². The van der Waals surface area contributed by atoms with E-state index in [1.807, 2.05) is 30.3 Å². The number of hydrogen-bond donors (Lipinski definition) is 0. The van der Waals surface area contributed by atoms with Gasteiger partial charge in [0.15, 0.2) is 11.4 Å². The molecule has 6 heteroatoms. The van der Waals surface area contributed by atoms with E-state index in [1.165, 1.54) is 83.5 Å². The average molecular weight is 551 g/mol. The van der Waals surface area contributed by atoms with Gasteiger partial charge in [-0.05, 0) is 37.2 Å². The molecule has 1 saturated heterocycles. The molecule has 0 bridgehead atoms. The van der Waals surface area contributed by atoms with Crippen molar-refractivity contribution in [2.24, 2.45) is 5.92 Å². The zero-order chi connectivity index (χ0) is 28.0. The van der Waals surface area contributed by atoms with E-state index < -0.39 is 11.8 Å². The van der Waals surface area contributed by atoms with Gasteiger partial charge in [0.1, 0.15) is 6.10 Å². The summed E-state index contributed by atoms with van der Waals surface area (Å²) in [5.41, 5.74) is 1.23. The maximum atomic E-state index is 12.2. The predicted molar refractivity (Wildman–Crippen MR) is 159 cm³/mol. The van der Waals surface area contributed by atoms with Gasteiger partial charge in [-0.25, -0.2) is 9.78 Å². The summed E-state index contributed by atoms with van der Waals surface area (Å²) in [4.78, 5) is 21.3. The van der Waals surface area contributed by atoms with Gasteiger partial charge in [0.05, 0.1) is 6.61 Å². The van der Waals surface area contributed by atoms with Gasteiger partial charge in [-0.2, -0.15) is 4.98 Å². The summed E-state index contributed by atoms with van der Waals surface area (Å²) in [6.45, 7) is 5.18. The molecule has 3 atom stereocenters. The Morgan fingerprint density at radius 2 is 1.55 bits per heavy atom. The third kappa shape index (κ3) is 8.44. The van der Waals surface area contributed by atoms with Crippen molar-refractivity contribution in [3.8, 4) is 17.3 Å². The molecule has 1 aromatic carbocycles. The standard InChI is InChI=1S/C34H50N2O4/c1-3-5-7-8-9-10-11-12-13-15-25-38-31-22-24-35-32(36-31)28-17-19-29(20-18-28)34-23-21-27(16-14-6-4-2)26-30(34)39-33(37)40-34/h17-20,22,24,27,30H,3-16,21,23,25-26H2,1-2H3. The van der Waals surface area contributed by atoms with Gasteiger partial charge >= 0.3 is 6.16 Å². The molecule has 0 N–H and O–H groups in total. The molecule has 4 rings (SSSR count). The van der Waals surface area contributed by atoms with Crippen LogP contribution in [0.1, 0.15) is 129 Å². The average Bonchev–Trinajstić information content (AvgIpc) is 3.32. The SMILES string of the molecule is CCCCCCCCCCCCOc1ccnc(-c2ccc(C34CCC(CCCCC)CC3OC(=O)O4)cc2)n1. The number of nitrogens with zero attached hydrogens (tertiary/aromatic N) is 2. The van der Waals surface area contributed by atoms with Crippen LogP contribution in [-0.2, 0) is 15.1 Å². The molecular formula is C34H50N2O4. The fourth-order valence-corrected chi connectivity index (χ4v) is 6.30. The highest BCUT2D eigenvalue weighted by Crippen LogP contribution is 2.49. The molecular weight excluding hydrogens is 500 g/mol. The molecule has 0 amide bonds. The van der Waals surface area contributed by atoms with Crippen molar-refractivity contribution >= 4 is 6.16 Å². The van der Waals surface area contributed by atoms with E-state index in [-0.39, 0.29) is 6.10 Å². The number of ether oxygens (including phenoxy) is 3. The van der Waals surface area contributed by atoms with Gasteiger partial charge in [0.2, 0.25) is 5.88 Å². The van der Waals surface area contributed by atoms with E-state index in [4.69, 9.17) is 14.2 Å². The molecule has 1 aliphatic heterocycles. The van der Waals surface area contributed by atoms with E-state index in [9.17, 15) is 4.79 Å². The summed E-state index contributed by atoms with van der Waals surface area (Å²) in [7, 11) is 0. The zero-order valence-corrected chi connectivity index (χ0v) is 24.9. The van der Waals surface area contributed by atoms with Gasteiger partial charge in [-0.3, -0.25) is 0 Å². The first-order valence-corrected chi connectivity index (χ1v) is 16.1. The minimum Gasteiger partial charge on any atom is -0.478 e. The predicted octanol–water partition coefficient (Wildman–Crippen LogP) is 9.55. The summed E-state index contributed by atoms with van der Waals surface area (Å²) in [6.07, 6.45) is 21.7. The van der Waals surface area contributed by atoms with Crippen LogP contribution in [0.4, 0.5) is 4.79 Å². The summed E-state index contributed by atoms with van der Waals surface area (Å²) < 4.78 is 17.5. The molecule has 2 fully saturated rings. The van der Waals surface area contributed by atoms with Crippen LogP contribution < -0.4 is 4.74 Å². The lowest BCUT2D eigenvalue weighted by atomic mass is 9.72. The van der Waals surface area contributed by atoms with Crippen LogP contribution in [0.2, 0.25) is 0 Å². The van der Waals surface area contributed by atoms with Crippen LogP contribution in [0.15, 0.2) is 36.5 Å². The Morgan fingerprint density at radius 3 is 2.27 bits per heavy atom. The van der Waals surface area contributed by atoms with E-state index >= 15 is 0 Å². The molecule has 40 heavy (non-hydrogen) atoms. The Morgan fingerprint density at radius 1 is 0.875 bits per heavy atom. The van der Waals surface area contributed by atoms with Crippen molar-refractivity contribution in [3.05, 3.63) is 42.1 Å². The van der Waals surface area contributed by atoms with Gasteiger partial charge < -0.3 is 14.2 Å². The monoisotopic (exact) mass is 550 g/mol. The van der Waals surface area contributed by atoms with Crippen LogP contribution in [0.25, 0.3) is 11.4 Å². The Labute approximate surface area is 241 Å². The van der Waals surface area contributed by atoms with Gasteiger partial charge in [0.25, 0.3) is 0 Å². The van der Waals surface area contributed by atoms with Crippen LogP contribution >= 0.6 is 0 Å². The molecule has 2 aliphatic rings. The quantitative estimate of drug-likeness (QED) is 0.136. The number of fused-ring (bicyclic) bond motifs is 1. The molecule has 0 radical (unpaired) electrons. The van der Waals surface area contributed by atoms with E-state index in [0.717, 1.165) is 36.8 Å². The largest absolute Gasteiger partial charge is 0.509 e. The molecule has 1 aliphatic carbocycles. The van der Waals surface area contributed by atoms with E-state index in [1.54, 1.807) is 6.20 Å². The smallest absolute Gasteiger partial charge is 0.478 e. The van der Waals surface area contributed by atoms with Crippen molar-refractivity contribution < 1.29 is 19.0 Å². The summed E-state index contributed by atoms with van der Waals surface area (Å²) in [5.74, 6) is 1.85. The Balaban J connectivity index is 1.25. The Kier molecular flexibility index (Phi) is 12.1. The van der Waals surface area contributed by atoms with Crippen molar-refractivity contribution in [2.45, 2.75) is 135 Å². The molecule has 6 nitrogen and oxygen atoms in total. The first-order valence-electron chi connectivity index (χ1n) is 16.1. The lowest BCUT2D eigenvalue weighted by Gasteiger charge is -2.38. The fourth-order valence-electron chi connectivity index (χ4n) is 6.30. The second kappa shape index (κ2) is 16.0. The highest BCUT2D eigenvalue weighted by atomic mass is 16.8. The van der Waals surface area contributed by atoms with Crippen molar-refractivity contribution in [1.82, 2.24) is 9.97 Å². The molecule has 0 spiro atoms. The first-order chi connectivity index (χ1) is 19.6.